The second-order valence-corrected chi connectivity index (χ2v) is 8.22. The number of hydrogen-bond donors (Lipinski definition) is 5. The monoisotopic (exact) mass is 469 g/mol. The van der Waals surface area contributed by atoms with E-state index in [4.69, 9.17) is 11.1 Å². The highest BCUT2D eigenvalue weighted by molar-refractivity contribution is 5.96. The maximum Gasteiger partial charge on any atom is 0.289 e. The summed E-state index contributed by atoms with van der Waals surface area (Å²) in [5, 5.41) is 17.9. The first-order valence-electron chi connectivity index (χ1n) is 10.3. The lowest BCUT2D eigenvalue weighted by Gasteiger charge is -2.33. The summed E-state index contributed by atoms with van der Waals surface area (Å²) in [6, 6.07) is 6.05. The molecule has 0 aliphatic heterocycles. The van der Waals surface area contributed by atoms with Crippen molar-refractivity contribution in [3.63, 3.8) is 0 Å². The number of nitrogens with zero attached hydrogens (tertiary/aromatic N) is 2. The molecule has 2 atom stereocenters. The summed E-state index contributed by atoms with van der Waals surface area (Å²) in [4.78, 5) is 21.7. The molecule has 1 aromatic carbocycles. The van der Waals surface area contributed by atoms with Crippen LogP contribution < -0.4 is 21.7 Å². The zero-order valence-electron chi connectivity index (χ0n) is 18.2. The molecule has 31 heavy (non-hydrogen) atoms. The van der Waals surface area contributed by atoms with E-state index in [2.05, 4.69) is 25.9 Å². The topological polar surface area (TPSA) is 129 Å². The van der Waals surface area contributed by atoms with Crippen molar-refractivity contribution in [1.82, 2.24) is 20.6 Å². The van der Waals surface area contributed by atoms with Crippen LogP contribution in [0.25, 0.3) is 10.9 Å². The molecule has 1 amide bonds. The minimum atomic E-state index is -0.272. The Hall–Kier alpha value is -2.32. The maximum absolute atomic E-state index is 12.6. The number of rotatable bonds is 6. The van der Waals surface area contributed by atoms with E-state index in [-0.39, 0.29) is 54.6 Å². The minimum Gasteiger partial charge on any atom is -0.370 e. The first kappa shape index (κ1) is 26.7. The molecule has 10 heteroatoms. The number of nitrogens with two attached hydrogens (primary N) is 1. The quantitative estimate of drug-likeness (QED) is 0.325. The first-order chi connectivity index (χ1) is 13.8. The van der Waals surface area contributed by atoms with Crippen LogP contribution in [-0.4, -0.2) is 40.5 Å². The molecule has 1 fully saturated rings. The Balaban J connectivity index is 0.00000240. The fourth-order valence-electron chi connectivity index (χ4n) is 3.68. The van der Waals surface area contributed by atoms with Crippen LogP contribution >= 0.6 is 24.8 Å². The van der Waals surface area contributed by atoms with E-state index < -0.39 is 0 Å². The summed E-state index contributed by atoms with van der Waals surface area (Å²) in [6.45, 7) is 6.68. The highest BCUT2D eigenvalue weighted by Crippen LogP contribution is 2.27. The van der Waals surface area contributed by atoms with Crippen molar-refractivity contribution < 1.29 is 4.79 Å². The molecule has 2 unspecified atom stereocenters. The number of aromatic nitrogens is 2. The highest BCUT2D eigenvalue weighted by atomic mass is 35.5. The van der Waals surface area contributed by atoms with Crippen molar-refractivity contribution in [3.8, 4) is 0 Å². The van der Waals surface area contributed by atoms with Gasteiger partial charge < -0.3 is 21.7 Å². The molecule has 3 rings (SSSR count). The Morgan fingerprint density at radius 2 is 1.87 bits per heavy atom. The average Bonchev–Trinajstić information content (AvgIpc) is 2.67. The Kier molecular flexibility index (Phi) is 10.3. The molecule has 8 nitrogen and oxygen atoms in total. The third kappa shape index (κ3) is 7.11. The standard InChI is InChI=1S/C21H31N7O.2ClH/c1-12(2)11-24-20(29)19-25-15-9-8-13(3)10-14(15)18(28-19)26-16-6-4-5-7-17(16)27-21(22)23;;/h8-10,12,16-17H,4-7,11H2,1-3H3,(H,24,29)(H4,22,23,27)(H,25,26,28);2*1H. The number of guanidine groups is 1. The van der Waals surface area contributed by atoms with Gasteiger partial charge in [0.2, 0.25) is 5.82 Å². The van der Waals surface area contributed by atoms with E-state index in [0.29, 0.717) is 18.3 Å². The van der Waals surface area contributed by atoms with Gasteiger partial charge in [0.05, 0.1) is 5.52 Å². The maximum atomic E-state index is 12.6. The number of carbonyl (C=O) groups excluding carboxylic acids is 1. The molecule has 0 bridgehead atoms. The van der Waals surface area contributed by atoms with Gasteiger partial charge in [-0.3, -0.25) is 10.2 Å². The normalized spacial score (nSPS) is 17.9. The number of carbonyl (C=O) groups is 1. The van der Waals surface area contributed by atoms with E-state index in [1.165, 1.54) is 0 Å². The van der Waals surface area contributed by atoms with Gasteiger partial charge in [0.15, 0.2) is 5.96 Å². The number of amides is 1. The summed E-state index contributed by atoms with van der Waals surface area (Å²) in [6.07, 6.45) is 4.06. The van der Waals surface area contributed by atoms with Gasteiger partial charge in [-0.05, 0) is 37.8 Å². The van der Waals surface area contributed by atoms with E-state index in [1.807, 2.05) is 39.0 Å². The molecule has 0 spiro atoms. The Morgan fingerprint density at radius 1 is 1.19 bits per heavy atom. The van der Waals surface area contributed by atoms with Crippen molar-refractivity contribution in [1.29, 1.82) is 5.41 Å². The fraction of sp³-hybridized carbons (Fsp3) is 0.524. The second kappa shape index (κ2) is 11.9. The Bertz CT molecular complexity index is 907. The number of nitrogens with one attached hydrogen (secondary N) is 4. The first-order valence-corrected chi connectivity index (χ1v) is 10.3. The van der Waals surface area contributed by atoms with Crippen LogP contribution in [0, 0.1) is 18.3 Å². The third-order valence-electron chi connectivity index (χ3n) is 5.15. The summed E-state index contributed by atoms with van der Waals surface area (Å²) < 4.78 is 0. The van der Waals surface area contributed by atoms with E-state index >= 15 is 0 Å². The van der Waals surface area contributed by atoms with Crippen molar-refractivity contribution in [3.05, 3.63) is 29.6 Å². The lowest BCUT2D eigenvalue weighted by atomic mass is 9.90. The van der Waals surface area contributed by atoms with E-state index in [9.17, 15) is 4.79 Å². The van der Waals surface area contributed by atoms with Crippen LogP contribution in [0.2, 0.25) is 0 Å². The van der Waals surface area contributed by atoms with Gasteiger partial charge in [-0.25, -0.2) is 9.97 Å². The third-order valence-corrected chi connectivity index (χ3v) is 5.15. The van der Waals surface area contributed by atoms with Gasteiger partial charge in [-0.1, -0.05) is 38.3 Å². The number of halogens is 2. The molecule has 1 saturated carbocycles. The Labute approximate surface area is 195 Å². The number of hydrogen-bond acceptors (Lipinski definition) is 5. The van der Waals surface area contributed by atoms with Gasteiger partial charge in [0.25, 0.3) is 5.91 Å². The number of anilines is 1. The summed E-state index contributed by atoms with van der Waals surface area (Å²) in [5.74, 6) is 0.861. The zero-order chi connectivity index (χ0) is 21.0. The van der Waals surface area contributed by atoms with E-state index in [1.54, 1.807) is 0 Å². The SMILES string of the molecule is Cc1ccc2nc(C(=O)NCC(C)C)nc(NC3CCCCC3NC(=N)N)c2c1.Cl.Cl. The van der Waals surface area contributed by atoms with Crippen molar-refractivity contribution in [2.24, 2.45) is 11.7 Å². The smallest absolute Gasteiger partial charge is 0.289 e. The summed E-state index contributed by atoms with van der Waals surface area (Å²) in [5.41, 5.74) is 7.41. The van der Waals surface area contributed by atoms with Crippen molar-refractivity contribution in [2.75, 3.05) is 11.9 Å². The molecule has 0 radical (unpaired) electrons. The second-order valence-electron chi connectivity index (χ2n) is 8.22. The predicted octanol–water partition coefficient (Wildman–Crippen LogP) is 3.37. The molecular weight excluding hydrogens is 437 g/mol. The predicted molar refractivity (Wildman–Crippen MR) is 131 cm³/mol. The summed E-state index contributed by atoms with van der Waals surface area (Å²) in [7, 11) is 0. The van der Waals surface area contributed by atoms with Crippen molar-refractivity contribution >= 4 is 53.4 Å². The van der Waals surface area contributed by atoms with Gasteiger partial charge in [0, 0.05) is 24.0 Å². The van der Waals surface area contributed by atoms with Crippen LogP contribution in [0.4, 0.5) is 5.82 Å². The number of fused-ring (bicyclic) bond motifs is 1. The van der Waals surface area contributed by atoms with Crippen LogP contribution in [0.15, 0.2) is 18.2 Å². The van der Waals surface area contributed by atoms with E-state index in [0.717, 1.165) is 42.1 Å². The molecule has 1 heterocycles. The Morgan fingerprint density at radius 3 is 2.52 bits per heavy atom. The number of aryl methyl sites for hydroxylation is 1. The molecular formula is C21H33Cl2N7O. The molecule has 1 aliphatic carbocycles. The zero-order valence-corrected chi connectivity index (χ0v) is 19.8. The van der Waals surface area contributed by atoms with Crippen LogP contribution in [0.1, 0.15) is 55.7 Å². The molecule has 2 aromatic rings. The molecule has 172 valence electrons. The number of benzene rings is 1. The molecule has 1 aromatic heterocycles. The highest BCUT2D eigenvalue weighted by Gasteiger charge is 2.27. The summed E-state index contributed by atoms with van der Waals surface area (Å²) >= 11 is 0. The van der Waals surface area contributed by atoms with Crippen molar-refractivity contribution in [2.45, 2.75) is 58.5 Å². The van der Waals surface area contributed by atoms with Gasteiger partial charge in [-0.2, -0.15) is 0 Å². The van der Waals surface area contributed by atoms with Crippen LogP contribution in [-0.2, 0) is 0 Å². The fourth-order valence-corrected chi connectivity index (χ4v) is 3.68. The van der Waals surface area contributed by atoms with Gasteiger partial charge >= 0.3 is 0 Å². The minimum absolute atomic E-state index is 0. The van der Waals surface area contributed by atoms with Crippen LogP contribution in [0.3, 0.4) is 0 Å². The van der Waals surface area contributed by atoms with Crippen LogP contribution in [0.5, 0.6) is 0 Å². The largest absolute Gasteiger partial charge is 0.370 e. The van der Waals surface area contributed by atoms with Gasteiger partial charge in [0.1, 0.15) is 5.82 Å². The lowest BCUT2D eigenvalue weighted by Crippen LogP contribution is -2.50. The lowest BCUT2D eigenvalue weighted by molar-refractivity contribution is 0.0939. The molecule has 0 saturated heterocycles. The molecule has 1 aliphatic rings. The average molecular weight is 470 g/mol. The molecule has 6 N–H and O–H groups in total. The van der Waals surface area contributed by atoms with Gasteiger partial charge in [-0.15, -0.1) is 24.8 Å².